The average Bonchev–Trinajstić information content (AvgIpc) is 3.24. The minimum atomic E-state index is -0.132. The quantitative estimate of drug-likeness (QED) is 0.893. The van der Waals surface area contributed by atoms with Gasteiger partial charge in [-0.15, -0.1) is 0 Å². The van der Waals surface area contributed by atoms with Crippen molar-refractivity contribution in [3.8, 4) is 0 Å². The van der Waals surface area contributed by atoms with Crippen molar-refractivity contribution in [2.45, 2.75) is 51.2 Å². The van der Waals surface area contributed by atoms with Gasteiger partial charge in [-0.1, -0.05) is 0 Å². The van der Waals surface area contributed by atoms with Crippen molar-refractivity contribution in [2.24, 2.45) is 0 Å². The van der Waals surface area contributed by atoms with Gasteiger partial charge in [-0.25, -0.2) is 0 Å². The summed E-state index contributed by atoms with van der Waals surface area (Å²) in [5.74, 6) is 0.630. The summed E-state index contributed by atoms with van der Waals surface area (Å²) >= 11 is 0. The molecule has 0 spiro atoms. The Morgan fingerprint density at radius 3 is 3.04 bits per heavy atom. The molecule has 3 rings (SSSR count). The Morgan fingerprint density at radius 2 is 2.30 bits per heavy atom. The third-order valence-electron chi connectivity index (χ3n) is 4.51. The summed E-state index contributed by atoms with van der Waals surface area (Å²) in [6, 6.07) is 1.97. The zero-order chi connectivity index (χ0) is 16.2. The summed E-state index contributed by atoms with van der Waals surface area (Å²) in [5.41, 5.74) is 0. The Hall–Kier alpha value is -1.89. The molecule has 126 valence electrons. The van der Waals surface area contributed by atoms with Crippen molar-refractivity contribution in [2.75, 3.05) is 25.0 Å². The number of nitrogens with one attached hydrogen (secondary N) is 1. The van der Waals surface area contributed by atoms with Gasteiger partial charge in [-0.2, -0.15) is 5.10 Å². The molecule has 2 amide bonds. The van der Waals surface area contributed by atoms with Gasteiger partial charge in [0.1, 0.15) is 0 Å². The number of hydrogen-bond acceptors (Lipinski definition) is 4. The van der Waals surface area contributed by atoms with Gasteiger partial charge >= 0.3 is 0 Å². The third kappa shape index (κ3) is 4.10. The molecule has 2 aliphatic rings. The van der Waals surface area contributed by atoms with Crippen LogP contribution in [0.4, 0.5) is 5.82 Å². The van der Waals surface area contributed by atoms with Crippen molar-refractivity contribution in [3.05, 3.63) is 12.3 Å². The van der Waals surface area contributed by atoms with Crippen molar-refractivity contribution in [3.63, 3.8) is 0 Å². The molecule has 2 fully saturated rings. The van der Waals surface area contributed by atoms with Crippen LogP contribution in [0.25, 0.3) is 0 Å². The van der Waals surface area contributed by atoms with Crippen molar-refractivity contribution in [1.82, 2.24) is 14.7 Å². The van der Waals surface area contributed by atoms with E-state index >= 15 is 0 Å². The monoisotopic (exact) mass is 320 g/mol. The molecule has 0 saturated carbocycles. The van der Waals surface area contributed by atoms with Gasteiger partial charge in [0.25, 0.3) is 0 Å². The lowest BCUT2D eigenvalue weighted by molar-refractivity contribution is -0.130. The maximum atomic E-state index is 12.3. The molecule has 1 N–H and O–H groups in total. The van der Waals surface area contributed by atoms with Crippen LogP contribution in [0.15, 0.2) is 12.3 Å². The number of ether oxygens (including phenoxy) is 1. The number of carbonyl (C=O) groups is 2. The molecule has 0 radical (unpaired) electrons. The van der Waals surface area contributed by atoms with E-state index in [1.54, 1.807) is 6.07 Å². The molecule has 3 heterocycles. The van der Waals surface area contributed by atoms with Gasteiger partial charge < -0.3 is 15.0 Å². The molecular formula is C16H24N4O3. The van der Waals surface area contributed by atoms with E-state index in [0.717, 1.165) is 38.8 Å². The number of aromatic nitrogens is 2. The standard InChI is InChI=1S/C16H24N4O3/c1-12(21)17-15-7-9-20(18-15)13-6-8-19(11-13)16(22)5-4-14-3-2-10-23-14/h7,9,13-14H,2-6,8,10-11H2,1H3,(H,17,18,21)/t13-,14-/m0/s1. The van der Waals surface area contributed by atoms with Crippen LogP contribution in [0.2, 0.25) is 0 Å². The average molecular weight is 320 g/mol. The Morgan fingerprint density at radius 1 is 1.43 bits per heavy atom. The van der Waals surface area contributed by atoms with Crippen molar-refractivity contribution < 1.29 is 14.3 Å². The second-order valence-electron chi connectivity index (χ2n) is 6.32. The number of carbonyl (C=O) groups excluding carboxylic acids is 2. The van der Waals surface area contributed by atoms with Crippen molar-refractivity contribution >= 4 is 17.6 Å². The van der Waals surface area contributed by atoms with E-state index < -0.39 is 0 Å². The fraction of sp³-hybridized carbons (Fsp3) is 0.688. The number of amides is 2. The third-order valence-corrected chi connectivity index (χ3v) is 4.51. The number of anilines is 1. The predicted octanol–water partition coefficient (Wildman–Crippen LogP) is 1.57. The fourth-order valence-electron chi connectivity index (χ4n) is 3.29. The van der Waals surface area contributed by atoms with E-state index in [1.807, 2.05) is 15.8 Å². The lowest BCUT2D eigenvalue weighted by Gasteiger charge is -2.18. The Labute approximate surface area is 136 Å². The summed E-state index contributed by atoms with van der Waals surface area (Å²) in [7, 11) is 0. The Bertz CT molecular complexity index is 565. The van der Waals surface area contributed by atoms with Gasteiger partial charge in [0.05, 0.1) is 12.1 Å². The Balaban J connectivity index is 1.48. The maximum Gasteiger partial charge on any atom is 0.222 e. The van der Waals surface area contributed by atoms with E-state index in [0.29, 0.717) is 18.8 Å². The summed E-state index contributed by atoms with van der Waals surface area (Å²) < 4.78 is 7.42. The fourth-order valence-corrected chi connectivity index (χ4v) is 3.29. The molecule has 2 aliphatic heterocycles. The summed E-state index contributed by atoms with van der Waals surface area (Å²) in [5, 5.41) is 7.03. The highest BCUT2D eigenvalue weighted by atomic mass is 16.5. The predicted molar refractivity (Wildman–Crippen MR) is 85.0 cm³/mol. The minimum absolute atomic E-state index is 0.132. The number of rotatable bonds is 5. The lowest BCUT2D eigenvalue weighted by atomic mass is 10.1. The summed E-state index contributed by atoms with van der Waals surface area (Å²) in [6.45, 7) is 3.75. The molecule has 0 aromatic carbocycles. The molecule has 23 heavy (non-hydrogen) atoms. The van der Waals surface area contributed by atoms with Crippen molar-refractivity contribution in [1.29, 1.82) is 0 Å². The van der Waals surface area contributed by atoms with E-state index in [9.17, 15) is 9.59 Å². The van der Waals surface area contributed by atoms with Gasteiger partial charge in [-0.3, -0.25) is 14.3 Å². The van der Waals surface area contributed by atoms with Gasteiger partial charge in [0.2, 0.25) is 11.8 Å². The normalized spacial score (nSPS) is 24.1. The summed E-state index contributed by atoms with van der Waals surface area (Å²) in [6.07, 6.45) is 6.60. The smallest absolute Gasteiger partial charge is 0.222 e. The zero-order valence-corrected chi connectivity index (χ0v) is 13.5. The molecule has 1 aromatic rings. The first-order valence-electron chi connectivity index (χ1n) is 8.34. The lowest BCUT2D eigenvalue weighted by Crippen LogP contribution is -2.29. The van der Waals surface area contributed by atoms with E-state index in [4.69, 9.17) is 4.74 Å². The molecule has 7 heteroatoms. The first-order chi connectivity index (χ1) is 11.1. The van der Waals surface area contributed by atoms with Crippen LogP contribution in [-0.4, -0.2) is 52.3 Å². The number of nitrogens with zero attached hydrogens (tertiary/aromatic N) is 3. The largest absolute Gasteiger partial charge is 0.378 e. The van der Waals surface area contributed by atoms with E-state index in [1.165, 1.54) is 6.92 Å². The first kappa shape index (κ1) is 16.0. The highest BCUT2D eigenvalue weighted by Crippen LogP contribution is 2.24. The van der Waals surface area contributed by atoms with Crippen LogP contribution < -0.4 is 5.32 Å². The van der Waals surface area contributed by atoms with Gasteiger partial charge in [-0.05, 0) is 25.7 Å². The van der Waals surface area contributed by atoms with Crippen LogP contribution in [0, 0.1) is 0 Å². The molecule has 0 unspecified atom stereocenters. The molecule has 0 aliphatic carbocycles. The molecule has 2 atom stereocenters. The highest BCUT2D eigenvalue weighted by molar-refractivity contribution is 5.87. The Kier molecular flexibility index (Phi) is 4.95. The minimum Gasteiger partial charge on any atom is -0.378 e. The number of hydrogen-bond donors (Lipinski definition) is 1. The second kappa shape index (κ2) is 7.12. The highest BCUT2D eigenvalue weighted by Gasteiger charge is 2.28. The second-order valence-corrected chi connectivity index (χ2v) is 6.32. The van der Waals surface area contributed by atoms with E-state index in [-0.39, 0.29) is 24.0 Å². The van der Waals surface area contributed by atoms with Gasteiger partial charge in [0, 0.05) is 45.3 Å². The zero-order valence-electron chi connectivity index (χ0n) is 13.5. The molecule has 0 bridgehead atoms. The van der Waals surface area contributed by atoms with Crippen LogP contribution >= 0.6 is 0 Å². The molecular weight excluding hydrogens is 296 g/mol. The summed E-state index contributed by atoms with van der Waals surface area (Å²) in [4.78, 5) is 25.3. The molecule has 7 nitrogen and oxygen atoms in total. The maximum absolute atomic E-state index is 12.3. The van der Waals surface area contributed by atoms with Crippen LogP contribution in [0.3, 0.4) is 0 Å². The number of likely N-dealkylation sites (tertiary alicyclic amines) is 1. The van der Waals surface area contributed by atoms with Crippen LogP contribution in [0.1, 0.15) is 45.1 Å². The topological polar surface area (TPSA) is 76.5 Å². The van der Waals surface area contributed by atoms with Crippen LogP contribution in [0.5, 0.6) is 0 Å². The molecule has 2 saturated heterocycles. The molecule has 1 aromatic heterocycles. The first-order valence-corrected chi connectivity index (χ1v) is 8.34. The van der Waals surface area contributed by atoms with E-state index in [2.05, 4.69) is 10.4 Å². The van der Waals surface area contributed by atoms with Gasteiger partial charge in [0.15, 0.2) is 5.82 Å². The SMILES string of the molecule is CC(=O)Nc1ccn([C@H]2CCN(C(=O)CC[C@@H]3CCCO3)C2)n1. The van der Waals surface area contributed by atoms with Crippen LogP contribution in [-0.2, 0) is 14.3 Å².